The molecule has 0 bridgehead atoms. The van der Waals surface area contributed by atoms with Gasteiger partial charge >= 0.3 is 5.97 Å². The monoisotopic (exact) mass is 153 g/mol. The first kappa shape index (κ1) is 7.61. The van der Waals surface area contributed by atoms with E-state index < -0.39 is 11.5 Å². The summed E-state index contributed by atoms with van der Waals surface area (Å²) in [7, 11) is 0. The molecule has 1 aliphatic carbocycles. The van der Waals surface area contributed by atoms with Gasteiger partial charge in [-0.2, -0.15) is 5.26 Å². The smallest absolute Gasteiger partial charge is 0.349 e. The number of hydrogen-bond donors (Lipinski definition) is 2. The van der Waals surface area contributed by atoms with Crippen LogP contribution in [-0.2, 0) is 4.79 Å². The topological polar surface area (TPSA) is 81.3 Å². The molecular formula is C7H7NO3. The lowest BCUT2D eigenvalue weighted by atomic mass is 10.2. The maximum atomic E-state index is 10.3. The Labute approximate surface area is 63.4 Å². The van der Waals surface area contributed by atoms with Crippen molar-refractivity contribution in [2.45, 2.75) is 12.8 Å². The van der Waals surface area contributed by atoms with Gasteiger partial charge in [-0.05, 0) is 12.8 Å². The lowest BCUT2D eigenvalue weighted by Crippen LogP contribution is -2.03. The summed E-state index contributed by atoms with van der Waals surface area (Å²) in [6.07, 6.45) is 1.56. The number of carboxylic acid groups (broad SMARTS) is 1. The van der Waals surface area contributed by atoms with Crippen LogP contribution in [0.1, 0.15) is 12.8 Å². The highest BCUT2D eigenvalue weighted by Gasteiger charge is 2.30. The maximum absolute atomic E-state index is 10.3. The van der Waals surface area contributed by atoms with E-state index in [4.69, 9.17) is 15.5 Å². The molecule has 11 heavy (non-hydrogen) atoms. The Morgan fingerprint density at radius 3 is 2.27 bits per heavy atom. The van der Waals surface area contributed by atoms with Crippen molar-refractivity contribution >= 4 is 5.97 Å². The van der Waals surface area contributed by atoms with E-state index in [0.717, 1.165) is 12.8 Å². The fourth-order valence-corrected chi connectivity index (χ4v) is 0.776. The van der Waals surface area contributed by atoms with Gasteiger partial charge in [0.2, 0.25) is 0 Å². The Balaban J connectivity index is 2.88. The third kappa shape index (κ3) is 1.49. The number of nitrogens with zero attached hydrogens (tertiary/aromatic N) is 1. The van der Waals surface area contributed by atoms with Crippen LogP contribution in [0.4, 0.5) is 0 Å². The van der Waals surface area contributed by atoms with Crippen molar-refractivity contribution in [2.24, 2.45) is 5.92 Å². The van der Waals surface area contributed by atoms with Crippen LogP contribution in [-0.4, -0.2) is 16.2 Å². The first-order valence-electron chi connectivity index (χ1n) is 3.23. The van der Waals surface area contributed by atoms with Crippen molar-refractivity contribution in [3.63, 3.8) is 0 Å². The molecule has 2 N–H and O–H groups in total. The Kier molecular flexibility index (Phi) is 1.81. The van der Waals surface area contributed by atoms with Gasteiger partial charge in [0.15, 0.2) is 5.57 Å². The third-order valence-corrected chi connectivity index (χ3v) is 1.55. The molecule has 4 nitrogen and oxygen atoms in total. The molecule has 0 radical (unpaired) electrons. The fourth-order valence-electron chi connectivity index (χ4n) is 0.776. The van der Waals surface area contributed by atoms with Crippen molar-refractivity contribution in [1.82, 2.24) is 0 Å². The van der Waals surface area contributed by atoms with E-state index >= 15 is 0 Å². The van der Waals surface area contributed by atoms with E-state index in [-0.39, 0.29) is 11.7 Å². The van der Waals surface area contributed by atoms with Crippen molar-refractivity contribution in [1.29, 1.82) is 5.26 Å². The molecule has 58 valence electrons. The molecule has 1 aliphatic rings. The number of carbonyl (C=O) groups is 1. The van der Waals surface area contributed by atoms with Crippen LogP contribution in [0.3, 0.4) is 0 Å². The lowest BCUT2D eigenvalue weighted by Gasteiger charge is -1.95. The fraction of sp³-hybridized carbons (Fsp3) is 0.429. The summed E-state index contributed by atoms with van der Waals surface area (Å²) in [6, 6.07) is 1.45. The molecule has 0 aromatic heterocycles. The van der Waals surface area contributed by atoms with Gasteiger partial charge in [-0.25, -0.2) is 4.79 Å². The molecule has 0 saturated heterocycles. The summed E-state index contributed by atoms with van der Waals surface area (Å²) in [5.74, 6) is -1.70. The van der Waals surface area contributed by atoms with E-state index in [2.05, 4.69) is 0 Å². The SMILES string of the molecule is N#CC(C(=O)O)=C(O)C1CC1. The molecule has 0 amide bonds. The molecule has 0 aliphatic heterocycles. The second-order valence-corrected chi connectivity index (χ2v) is 2.45. The average Bonchev–Trinajstić information content (AvgIpc) is 2.68. The number of aliphatic carboxylic acids is 1. The van der Waals surface area contributed by atoms with Gasteiger partial charge in [0, 0.05) is 5.92 Å². The van der Waals surface area contributed by atoms with Crippen molar-refractivity contribution in [2.75, 3.05) is 0 Å². The molecule has 0 aromatic carbocycles. The van der Waals surface area contributed by atoms with Gasteiger partial charge in [0.1, 0.15) is 11.8 Å². The predicted octanol–water partition coefficient (Wildman–Crippen LogP) is 0.817. The number of hydrogen-bond acceptors (Lipinski definition) is 3. The number of allylic oxidation sites excluding steroid dienone is 1. The quantitative estimate of drug-likeness (QED) is 0.349. The summed E-state index contributed by atoms with van der Waals surface area (Å²) < 4.78 is 0. The first-order chi connectivity index (χ1) is 5.16. The van der Waals surface area contributed by atoms with Crippen LogP contribution in [0.25, 0.3) is 0 Å². The Morgan fingerprint density at radius 1 is 1.45 bits per heavy atom. The summed E-state index contributed by atoms with van der Waals surface area (Å²) in [4.78, 5) is 10.3. The van der Waals surface area contributed by atoms with Crippen molar-refractivity contribution < 1.29 is 15.0 Å². The number of carboxylic acids is 1. The number of aliphatic hydroxyl groups is 1. The van der Waals surface area contributed by atoms with Crippen LogP contribution in [0.15, 0.2) is 11.3 Å². The highest BCUT2D eigenvalue weighted by molar-refractivity contribution is 5.91. The second-order valence-electron chi connectivity index (χ2n) is 2.45. The average molecular weight is 153 g/mol. The van der Waals surface area contributed by atoms with Gasteiger partial charge in [-0.15, -0.1) is 0 Å². The summed E-state index contributed by atoms with van der Waals surface area (Å²) in [5.41, 5.74) is -0.521. The number of nitriles is 1. The maximum Gasteiger partial charge on any atom is 0.349 e. The van der Waals surface area contributed by atoms with Crippen molar-refractivity contribution in [3.8, 4) is 6.07 Å². The highest BCUT2D eigenvalue weighted by atomic mass is 16.4. The first-order valence-corrected chi connectivity index (χ1v) is 3.23. The third-order valence-electron chi connectivity index (χ3n) is 1.55. The van der Waals surface area contributed by atoms with E-state index in [1.165, 1.54) is 6.07 Å². The Hall–Kier alpha value is -1.50. The predicted molar refractivity (Wildman–Crippen MR) is 35.6 cm³/mol. The standard InChI is InChI=1S/C7H7NO3/c8-3-5(7(10)11)6(9)4-1-2-4/h4,9H,1-2H2,(H,10,11). The minimum atomic E-state index is -1.35. The number of aliphatic hydroxyl groups excluding tert-OH is 1. The molecule has 0 unspecified atom stereocenters. The zero-order valence-corrected chi connectivity index (χ0v) is 5.74. The van der Waals surface area contributed by atoms with E-state index in [1.807, 2.05) is 0 Å². The van der Waals surface area contributed by atoms with E-state index in [0.29, 0.717) is 0 Å². The Bertz CT molecular complexity index is 257. The molecule has 0 heterocycles. The van der Waals surface area contributed by atoms with Gasteiger partial charge < -0.3 is 10.2 Å². The van der Waals surface area contributed by atoms with Crippen LogP contribution in [0.5, 0.6) is 0 Å². The zero-order valence-electron chi connectivity index (χ0n) is 5.74. The highest BCUT2D eigenvalue weighted by Crippen LogP contribution is 2.36. The largest absolute Gasteiger partial charge is 0.510 e. The molecular weight excluding hydrogens is 146 g/mol. The van der Waals surface area contributed by atoms with Gasteiger partial charge in [0.25, 0.3) is 0 Å². The molecule has 0 aromatic rings. The van der Waals surface area contributed by atoms with Crippen LogP contribution in [0, 0.1) is 17.2 Å². The van der Waals surface area contributed by atoms with Gasteiger partial charge in [0.05, 0.1) is 0 Å². The molecule has 1 fully saturated rings. The Morgan fingerprint density at radius 2 is 2.00 bits per heavy atom. The van der Waals surface area contributed by atoms with E-state index in [9.17, 15) is 4.79 Å². The van der Waals surface area contributed by atoms with Crippen LogP contribution < -0.4 is 0 Å². The minimum absolute atomic E-state index is 0.0826. The van der Waals surface area contributed by atoms with Crippen LogP contribution >= 0.6 is 0 Å². The van der Waals surface area contributed by atoms with Crippen LogP contribution in [0.2, 0.25) is 0 Å². The molecule has 0 spiro atoms. The van der Waals surface area contributed by atoms with Crippen molar-refractivity contribution in [3.05, 3.63) is 11.3 Å². The molecule has 0 atom stereocenters. The summed E-state index contributed by atoms with van der Waals surface area (Å²) >= 11 is 0. The molecule has 1 saturated carbocycles. The normalized spacial score (nSPS) is 18.5. The number of rotatable bonds is 2. The summed E-state index contributed by atoms with van der Waals surface area (Å²) in [6.45, 7) is 0. The molecule has 1 rings (SSSR count). The van der Waals surface area contributed by atoms with Gasteiger partial charge in [-0.3, -0.25) is 0 Å². The van der Waals surface area contributed by atoms with E-state index in [1.54, 1.807) is 0 Å². The minimum Gasteiger partial charge on any atom is -0.510 e. The lowest BCUT2D eigenvalue weighted by molar-refractivity contribution is -0.132. The molecule has 4 heteroatoms. The zero-order chi connectivity index (χ0) is 8.43. The summed E-state index contributed by atoms with van der Waals surface area (Å²) in [5, 5.41) is 25.8. The van der Waals surface area contributed by atoms with Gasteiger partial charge in [-0.1, -0.05) is 0 Å². The second kappa shape index (κ2) is 2.62.